The average molecular weight is 331 g/mol. The molecule has 3 aromatic rings. The molecule has 0 atom stereocenters. The molecule has 1 amide bonds. The van der Waals surface area contributed by atoms with Crippen molar-refractivity contribution in [3.8, 4) is 16.9 Å². The molecule has 0 saturated carbocycles. The van der Waals surface area contributed by atoms with E-state index >= 15 is 0 Å². The molecule has 0 aliphatic rings. The largest absolute Gasteiger partial charge is 0.494 e. The summed E-state index contributed by atoms with van der Waals surface area (Å²) in [6.45, 7) is 2.99. The summed E-state index contributed by atoms with van der Waals surface area (Å²) in [6.07, 6.45) is 0. The van der Waals surface area contributed by atoms with E-state index < -0.39 is 0 Å². The Balaban J connectivity index is 1.66. The Hall–Kier alpha value is -3.07. The first-order chi connectivity index (χ1) is 12.3. The second kappa shape index (κ2) is 8.15. The van der Waals surface area contributed by atoms with E-state index in [2.05, 4.69) is 17.4 Å². The molecule has 0 aliphatic carbocycles. The van der Waals surface area contributed by atoms with Gasteiger partial charge in [0.2, 0.25) is 0 Å². The smallest absolute Gasteiger partial charge is 0.251 e. The standard InChI is InChI=1S/C22H21NO2/c1-2-25-21-11-7-6-10-20(21)16-23-22(24)19-14-12-18(13-15-19)17-8-4-3-5-9-17/h3-15H,2,16H2,1H3,(H,23,24). The zero-order valence-electron chi connectivity index (χ0n) is 14.2. The second-order valence-corrected chi connectivity index (χ2v) is 5.67. The molecule has 0 radical (unpaired) electrons. The lowest BCUT2D eigenvalue weighted by Crippen LogP contribution is -2.23. The molecule has 3 heteroatoms. The molecular weight excluding hydrogens is 310 g/mol. The first-order valence-electron chi connectivity index (χ1n) is 8.42. The van der Waals surface area contributed by atoms with Crippen LogP contribution in [0.15, 0.2) is 78.9 Å². The van der Waals surface area contributed by atoms with Gasteiger partial charge in [-0.1, -0.05) is 60.7 Å². The van der Waals surface area contributed by atoms with Crippen molar-refractivity contribution in [1.29, 1.82) is 0 Å². The first-order valence-corrected chi connectivity index (χ1v) is 8.42. The van der Waals surface area contributed by atoms with Crippen molar-refractivity contribution in [2.24, 2.45) is 0 Å². The zero-order valence-corrected chi connectivity index (χ0v) is 14.2. The SMILES string of the molecule is CCOc1ccccc1CNC(=O)c1ccc(-c2ccccc2)cc1. The van der Waals surface area contributed by atoms with Crippen LogP contribution in [0.2, 0.25) is 0 Å². The maximum Gasteiger partial charge on any atom is 0.251 e. The molecule has 0 spiro atoms. The van der Waals surface area contributed by atoms with Crippen LogP contribution in [-0.4, -0.2) is 12.5 Å². The van der Waals surface area contributed by atoms with Crippen LogP contribution >= 0.6 is 0 Å². The van der Waals surface area contributed by atoms with Crippen LogP contribution in [0.25, 0.3) is 11.1 Å². The predicted molar refractivity (Wildman–Crippen MR) is 101 cm³/mol. The van der Waals surface area contributed by atoms with E-state index in [1.807, 2.05) is 73.7 Å². The van der Waals surface area contributed by atoms with Gasteiger partial charge >= 0.3 is 0 Å². The summed E-state index contributed by atoms with van der Waals surface area (Å²) in [4.78, 5) is 12.4. The molecule has 3 rings (SSSR count). The number of para-hydroxylation sites is 1. The first kappa shape index (κ1) is 16.8. The summed E-state index contributed by atoms with van der Waals surface area (Å²) in [5.74, 6) is 0.718. The number of hydrogen-bond acceptors (Lipinski definition) is 2. The minimum Gasteiger partial charge on any atom is -0.494 e. The van der Waals surface area contributed by atoms with Crippen molar-refractivity contribution in [3.05, 3.63) is 90.0 Å². The lowest BCUT2D eigenvalue weighted by atomic mass is 10.0. The number of benzene rings is 3. The fraction of sp³-hybridized carbons (Fsp3) is 0.136. The predicted octanol–water partition coefficient (Wildman–Crippen LogP) is 4.68. The van der Waals surface area contributed by atoms with Crippen molar-refractivity contribution in [2.75, 3.05) is 6.61 Å². The van der Waals surface area contributed by atoms with Crippen LogP contribution in [0.1, 0.15) is 22.8 Å². The number of ether oxygens (including phenoxy) is 1. The summed E-state index contributed by atoms with van der Waals surface area (Å²) in [5, 5.41) is 2.95. The van der Waals surface area contributed by atoms with Crippen LogP contribution in [-0.2, 0) is 6.54 Å². The molecule has 0 aliphatic heterocycles. The number of carbonyl (C=O) groups is 1. The molecule has 3 nitrogen and oxygen atoms in total. The van der Waals surface area contributed by atoms with E-state index in [-0.39, 0.29) is 5.91 Å². The fourth-order valence-corrected chi connectivity index (χ4v) is 2.67. The van der Waals surface area contributed by atoms with Crippen LogP contribution in [0.3, 0.4) is 0 Å². The number of amides is 1. The molecule has 0 bridgehead atoms. The average Bonchev–Trinajstić information content (AvgIpc) is 2.68. The normalized spacial score (nSPS) is 10.3. The van der Waals surface area contributed by atoms with E-state index in [1.54, 1.807) is 0 Å². The quantitative estimate of drug-likeness (QED) is 0.712. The highest BCUT2D eigenvalue weighted by molar-refractivity contribution is 5.94. The Morgan fingerprint density at radius 1 is 0.840 bits per heavy atom. The third-order valence-corrected chi connectivity index (χ3v) is 3.97. The van der Waals surface area contributed by atoms with Gasteiger partial charge in [-0.25, -0.2) is 0 Å². The molecule has 0 fully saturated rings. The number of nitrogens with one attached hydrogen (secondary N) is 1. The highest BCUT2D eigenvalue weighted by Crippen LogP contribution is 2.20. The summed E-state index contributed by atoms with van der Waals surface area (Å²) in [7, 11) is 0. The van der Waals surface area contributed by atoms with Gasteiger partial charge in [-0.15, -0.1) is 0 Å². The molecule has 0 aromatic heterocycles. The lowest BCUT2D eigenvalue weighted by molar-refractivity contribution is 0.0950. The monoisotopic (exact) mass is 331 g/mol. The highest BCUT2D eigenvalue weighted by Gasteiger charge is 2.08. The van der Waals surface area contributed by atoms with Crippen molar-refractivity contribution in [2.45, 2.75) is 13.5 Å². The third kappa shape index (κ3) is 4.27. The summed E-state index contributed by atoms with van der Waals surface area (Å²) in [5.41, 5.74) is 3.85. The molecule has 1 N–H and O–H groups in total. The molecule has 25 heavy (non-hydrogen) atoms. The fourth-order valence-electron chi connectivity index (χ4n) is 2.67. The summed E-state index contributed by atoms with van der Waals surface area (Å²) >= 11 is 0. The number of carbonyl (C=O) groups excluding carboxylic acids is 1. The Bertz CT molecular complexity index is 826. The Kier molecular flexibility index (Phi) is 5.47. The molecule has 0 heterocycles. The Morgan fingerprint density at radius 3 is 2.20 bits per heavy atom. The number of rotatable bonds is 6. The second-order valence-electron chi connectivity index (χ2n) is 5.67. The summed E-state index contributed by atoms with van der Waals surface area (Å²) in [6, 6.07) is 25.5. The van der Waals surface area contributed by atoms with Gasteiger partial charge in [-0.3, -0.25) is 4.79 Å². The maximum atomic E-state index is 12.4. The van der Waals surface area contributed by atoms with Crippen LogP contribution in [0.4, 0.5) is 0 Å². The van der Waals surface area contributed by atoms with Gasteiger partial charge < -0.3 is 10.1 Å². The third-order valence-electron chi connectivity index (χ3n) is 3.97. The molecule has 3 aromatic carbocycles. The minimum absolute atomic E-state index is 0.0917. The molecule has 0 unspecified atom stereocenters. The molecule has 0 saturated heterocycles. The zero-order chi connectivity index (χ0) is 17.5. The Labute approximate surface area is 148 Å². The lowest BCUT2D eigenvalue weighted by Gasteiger charge is -2.11. The van der Waals surface area contributed by atoms with Gasteiger partial charge in [0.1, 0.15) is 5.75 Å². The van der Waals surface area contributed by atoms with Crippen LogP contribution < -0.4 is 10.1 Å². The van der Waals surface area contributed by atoms with E-state index in [1.165, 1.54) is 0 Å². The van der Waals surface area contributed by atoms with Crippen LogP contribution in [0.5, 0.6) is 5.75 Å². The van der Waals surface area contributed by atoms with Gasteiger partial charge in [0.15, 0.2) is 0 Å². The maximum absolute atomic E-state index is 12.4. The number of hydrogen-bond donors (Lipinski definition) is 1. The van der Waals surface area contributed by atoms with E-state index in [0.717, 1.165) is 22.4 Å². The van der Waals surface area contributed by atoms with Crippen LogP contribution in [0, 0.1) is 0 Å². The van der Waals surface area contributed by atoms with Gasteiger partial charge in [0, 0.05) is 17.7 Å². The van der Waals surface area contributed by atoms with Gasteiger partial charge in [-0.05, 0) is 36.2 Å². The highest BCUT2D eigenvalue weighted by atomic mass is 16.5. The van der Waals surface area contributed by atoms with E-state index in [4.69, 9.17) is 4.74 Å². The van der Waals surface area contributed by atoms with Crippen molar-refractivity contribution in [3.63, 3.8) is 0 Å². The minimum atomic E-state index is -0.0917. The van der Waals surface area contributed by atoms with Gasteiger partial charge in [-0.2, -0.15) is 0 Å². The van der Waals surface area contributed by atoms with E-state index in [0.29, 0.717) is 18.7 Å². The molecule has 126 valence electrons. The topological polar surface area (TPSA) is 38.3 Å². The van der Waals surface area contributed by atoms with Gasteiger partial charge in [0.05, 0.1) is 6.61 Å². The van der Waals surface area contributed by atoms with E-state index in [9.17, 15) is 4.79 Å². The molecular formula is C22H21NO2. The summed E-state index contributed by atoms with van der Waals surface area (Å²) < 4.78 is 5.59. The van der Waals surface area contributed by atoms with Crippen molar-refractivity contribution in [1.82, 2.24) is 5.32 Å². The van der Waals surface area contributed by atoms with Crippen molar-refractivity contribution < 1.29 is 9.53 Å². The Morgan fingerprint density at radius 2 is 1.48 bits per heavy atom. The van der Waals surface area contributed by atoms with Crippen molar-refractivity contribution >= 4 is 5.91 Å². The van der Waals surface area contributed by atoms with Gasteiger partial charge in [0.25, 0.3) is 5.91 Å².